The van der Waals surface area contributed by atoms with Crippen LogP contribution in [0.15, 0.2) is 66.7 Å². The number of amides is 2. The van der Waals surface area contributed by atoms with Crippen LogP contribution in [0.3, 0.4) is 0 Å². The van der Waals surface area contributed by atoms with Crippen LogP contribution in [0.4, 0.5) is 19.3 Å². The van der Waals surface area contributed by atoms with Crippen LogP contribution in [0, 0.1) is 18.6 Å². The molecule has 0 saturated heterocycles. The second-order valence-electron chi connectivity index (χ2n) is 7.87. The summed E-state index contributed by atoms with van der Waals surface area (Å²) >= 11 is 0. The number of hydrogen-bond acceptors (Lipinski definition) is 1. The van der Waals surface area contributed by atoms with Crippen LogP contribution in [-0.2, 0) is 6.42 Å². The van der Waals surface area contributed by atoms with Gasteiger partial charge in [-0.15, -0.1) is 0 Å². The van der Waals surface area contributed by atoms with Crippen molar-refractivity contribution in [1.82, 2.24) is 9.88 Å². The molecule has 0 radical (unpaired) electrons. The van der Waals surface area contributed by atoms with Gasteiger partial charge in [-0.2, -0.15) is 0 Å². The molecule has 0 saturated carbocycles. The van der Waals surface area contributed by atoms with Gasteiger partial charge in [-0.1, -0.05) is 48.0 Å². The molecule has 31 heavy (non-hydrogen) atoms. The lowest BCUT2D eigenvalue weighted by molar-refractivity contribution is 0.193. The molecule has 0 unspecified atom stereocenters. The number of carbonyl (C=O) groups is 1. The van der Waals surface area contributed by atoms with E-state index < -0.39 is 17.7 Å². The van der Waals surface area contributed by atoms with Gasteiger partial charge >= 0.3 is 6.03 Å². The summed E-state index contributed by atoms with van der Waals surface area (Å²) in [7, 11) is 0. The molecule has 1 aliphatic rings. The molecule has 1 aromatic heterocycles. The predicted molar refractivity (Wildman–Crippen MR) is 117 cm³/mol. The summed E-state index contributed by atoms with van der Waals surface area (Å²) in [5.41, 5.74) is 5.23. The third-order valence-electron chi connectivity index (χ3n) is 5.86. The summed E-state index contributed by atoms with van der Waals surface area (Å²) in [5.74, 6) is -1.49. The number of benzene rings is 3. The van der Waals surface area contributed by atoms with Crippen molar-refractivity contribution in [2.24, 2.45) is 0 Å². The first kappa shape index (κ1) is 19.3. The number of aromatic amines is 1. The van der Waals surface area contributed by atoms with Gasteiger partial charge in [0.1, 0.15) is 11.6 Å². The molecule has 5 rings (SSSR count). The van der Waals surface area contributed by atoms with E-state index in [1.165, 1.54) is 11.6 Å². The average Bonchev–Trinajstić information content (AvgIpc) is 3.14. The van der Waals surface area contributed by atoms with Crippen molar-refractivity contribution in [2.75, 3.05) is 11.9 Å². The van der Waals surface area contributed by atoms with E-state index in [1.54, 1.807) is 4.90 Å². The standard InChI is InChI=1S/C25H21F2N3O/c1-15-6-8-16(9-7-15)24-23-19(18-4-2-3-5-21(18)28-23)12-13-30(24)25(31)29-22-11-10-17(26)14-20(22)27/h2-11,14,24,28H,12-13H2,1H3,(H,29,31)/t24-/m0/s1. The van der Waals surface area contributed by atoms with Gasteiger partial charge in [-0.25, -0.2) is 13.6 Å². The van der Waals surface area contributed by atoms with Crippen molar-refractivity contribution in [1.29, 1.82) is 0 Å². The fourth-order valence-electron chi connectivity index (χ4n) is 4.33. The number of urea groups is 1. The van der Waals surface area contributed by atoms with E-state index in [0.717, 1.165) is 39.9 Å². The van der Waals surface area contributed by atoms with Crippen LogP contribution in [0.5, 0.6) is 0 Å². The molecule has 0 fully saturated rings. The van der Waals surface area contributed by atoms with Gasteiger partial charge < -0.3 is 15.2 Å². The molecule has 0 aliphatic carbocycles. The fraction of sp³-hybridized carbons (Fsp3) is 0.160. The monoisotopic (exact) mass is 417 g/mol. The van der Waals surface area contributed by atoms with E-state index in [0.29, 0.717) is 13.0 Å². The number of nitrogens with zero attached hydrogens (tertiary/aromatic N) is 1. The van der Waals surface area contributed by atoms with Gasteiger partial charge in [0.05, 0.1) is 11.7 Å². The molecule has 0 spiro atoms. The summed E-state index contributed by atoms with van der Waals surface area (Å²) in [6, 6.07) is 18.5. The van der Waals surface area contributed by atoms with Crippen LogP contribution in [0.2, 0.25) is 0 Å². The Morgan fingerprint density at radius 2 is 1.84 bits per heavy atom. The Morgan fingerprint density at radius 3 is 2.61 bits per heavy atom. The Kier molecular flexibility index (Phi) is 4.70. The minimum absolute atomic E-state index is 0.0449. The minimum Gasteiger partial charge on any atom is -0.356 e. The molecular formula is C25H21F2N3O. The van der Waals surface area contributed by atoms with Crippen LogP contribution >= 0.6 is 0 Å². The summed E-state index contributed by atoms with van der Waals surface area (Å²) in [5, 5.41) is 3.77. The lowest BCUT2D eigenvalue weighted by Crippen LogP contribution is -2.43. The summed E-state index contributed by atoms with van der Waals surface area (Å²) in [6.45, 7) is 2.49. The number of fused-ring (bicyclic) bond motifs is 3. The fourth-order valence-corrected chi connectivity index (χ4v) is 4.33. The quantitative estimate of drug-likeness (QED) is 0.417. The maximum Gasteiger partial charge on any atom is 0.322 e. The molecular weight excluding hydrogens is 396 g/mol. The van der Waals surface area contributed by atoms with Gasteiger partial charge in [0.15, 0.2) is 0 Å². The number of para-hydroxylation sites is 1. The number of H-pyrrole nitrogens is 1. The molecule has 0 bridgehead atoms. The van der Waals surface area contributed by atoms with Crippen LogP contribution in [0.25, 0.3) is 10.9 Å². The number of hydrogen-bond donors (Lipinski definition) is 2. The molecule has 6 heteroatoms. The van der Waals surface area contributed by atoms with Crippen LogP contribution in [-0.4, -0.2) is 22.5 Å². The normalized spacial score (nSPS) is 15.7. The van der Waals surface area contributed by atoms with E-state index in [-0.39, 0.29) is 11.7 Å². The highest BCUT2D eigenvalue weighted by Gasteiger charge is 2.34. The summed E-state index contributed by atoms with van der Waals surface area (Å²) in [6.07, 6.45) is 0.682. The van der Waals surface area contributed by atoms with Crippen molar-refractivity contribution < 1.29 is 13.6 Å². The average molecular weight is 417 g/mol. The summed E-state index contributed by atoms with van der Waals surface area (Å²) in [4.78, 5) is 18.4. The highest BCUT2D eigenvalue weighted by atomic mass is 19.1. The maximum absolute atomic E-state index is 14.1. The Morgan fingerprint density at radius 1 is 1.06 bits per heavy atom. The number of aromatic nitrogens is 1. The van der Waals surface area contributed by atoms with E-state index in [4.69, 9.17) is 0 Å². The maximum atomic E-state index is 14.1. The van der Waals surface area contributed by atoms with E-state index in [9.17, 15) is 13.6 Å². The number of carbonyl (C=O) groups excluding carboxylic acids is 1. The van der Waals surface area contributed by atoms with Gasteiger partial charge in [0.2, 0.25) is 0 Å². The Hall–Kier alpha value is -3.67. The second-order valence-corrected chi connectivity index (χ2v) is 7.87. The van der Waals surface area contributed by atoms with Crippen molar-refractivity contribution in [3.8, 4) is 0 Å². The minimum atomic E-state index is -0.802. The summed E-state index contributed by atoms with van der Waals surface area (Å²) < 4.78 is 27.4. The second kappa shape index (κ2) is 7.54. The number of halogens is 2. The van der Waals surface area contributed by atoms with Crippen LogP contribution in [0.1, 0.15) is 28.4 Å². The van der Waals surface area contributed by atoms with Crippen molar-refractivity contribution in [3.05, 3.63) is 101 Å². The predicted octanol–water partition coefficient (Wildman–Crippen LogP) is 5.93. The first-order chi connectivity index (χ1) is 15.0. The molecule has 4 nitrogen and oxygen atoms in total. The molecule has 1 atom stereocenters. The number of nitrogens with one attached hydrogen (secondary N) is 2. The molecule has 1 aliphatic heterocycles. The molecule has 3 aromatic carbocycles. The van der Waals surface area contributed by atoms with Gasteiger partial charge in [-0.05, 0) is 42.7 Å². The molecule has 2 amide bonds. The third kappa shape index (κ3) is 3.44. The molecule has 2 heterocycles. The van der Waals surface area contributed by atoms with Crippen LogP contribution < -0.4 is 5.32 Å². The zero-order valence-corrected chi connectivity index (χ0v) is 17.0. The highest BCUT2D eigenvalue weighted by Crippen LogP contribution is 2.38. The lowest BCUT2D eigenvalue weighted by atomic mass is 9.92. The Labute approximate surface area is 178 Å². The smallest absolute Gasteiger partial charge is 0.322 e. The van der Waals surface area contributed by atoms with E-state index >= 15 is 0 Å². The largest absolute Gasteiger partial charge is 0.356 e. The van der Waals surface area contributed by atoms with Crippen molar-refractivity contribution in [2.45, 2.75) is 19.4 Å². The zero-order valence-electron chi connectivity index (χ0n) is 17.0. The highest BCUT2D eigenvalue weighted by molar-refractivity contribution is 5.91. The zero-order chi connectivity index (χ0) is 21.5. The van der Waals surface area contributed by atoms with E-state index in [1.807, 2.05) is 49.4 Å². The molecule has 156 valence electrons. The third-order valence-corrected chi connectivity index (χ3v) is 5.86. The first-order valence-electron chi connectivity index (χ1n) is 10.2. The molecule has 2 N–H and O–H groups in total. The SMILES string of the molecule is Cc1ccc([C@H]2c3[nH]c4ccccc4c3CCN2C(=O)Nc2ccc(F)cc2F)cc1. The number of rotatable bonds is 2. The van der Waals surface area contributed by atoms with Gasteiger partial charge in [-0.3, -0.25) is 0 Å². The van der Waals surface area contributed by atoms with Gasteiger partial charge in [0.25, 0.3) is 0 Å². The van der Waals surface area contributed by atoms with Gasteiger partial charge in [0, 0.05) is 29.2 Å². The lowest BCUT2D eigenvalue weighted by Gasteiger charge is -2.36. The topological polar surface area (TPSA) is 48.1 Å². The number of anilines is 1. The van der Waals surface area contributed by atoms with Crippen molar-refractivity contribution >= 4 is 22.6 Å². The van der Waals surface area contributed by atoms with Crippen molar-refractivity contribution in [3.63, 3.8) is 0 Å². The first-order valence-corrected chi connectivity index (χ1v) is 10.2. The Balaban J connectivity index is 1.57. The molecule has 4 aromatic rings. The Bertz CT molecular complexity index is 1280. The van der Waals surface area contributed by atoms with E-state index in [2.05, 4.69) is 16.4 Å². The number of aryl methyl sites for hydroxylation is 1.